The quantitative estimate of drug-likeness (QED) is 0.793. The van der Waals surface area contributed by atoms with Crippen molar-refractivity contribution in [3.63, 3.8) is 0 Å². The van der Waals surface area contributed by atoms with Gasteiger partial charge >= 0.3 is 5.97 Å². The van der Waals surface area contributed by atoms with Gasteiger partial charge in [0.2, 0.25) is 5.91 Å². The summed E-state index contributed by atoms with van der Waals surface area (Å²) in [5.74, 6) is 0.730. The Bertz CT molecular complexity index is 789. The van der Waals surface area contributed by atoms with Crippen LogP contribution in [0.1, 0.15) is 18.5 Å². The molecule has 0 spiro atoms. The SMILES string of the molecule is COc1ccc(-c2nc(COC(=O)[C@H]3CCC(=O)N3)cs2)cc1OC. The molecule has 2 aromatic rings. The monoisotopic (exact) mass is 362 g/mol. The topological polar surface area (TPSA) is 86.8 Å². The highest BCUT2D eigenvalue weighted by Crippen LogP contribution is 2.33. The van der Waals surface area contributed by atoms with E-state index in [-0.39, 0.29) is 12.5 Å². The Hall–Kier alpha value is -2.61. The van der Waals surface area contributed by atoms with Gasteiger partial charge in [-0.15, -0.1) is 11.3 Å². The van der Waals surface area contributed by atoms with E-state index >= 15 is 0 Å². The van der Waals surface area contributed by atoms with Crippen LogP contribution >= 0.6 is 11.3 Å². The smallest absolute Gasteiger partial charge is 0.329 e. The van der Waals surface area contributed by atoms with Crippen LogP contribution in [0, 0.1) is 0 Å². The number of rotatable bonds is 6. The highest BCUT2D eigenvalue weighted by Gasteiger charge is 2.28. The van der Waals surface area contributed by atoms with Crippen molar-refractivity contribution in [1.29, 1.82) is 0 Å². The molecule has 2 heterocycles. The molecular formula is C17H18N2O5S. The van der Waals surface area contributed by atoms with Gasteiger partial charge in [-0.3, -0.25) is 4.79 Å². The van der Waals surface area contributed by atoms with Crippen LogP contribution in [0.3, 0.4) is 0 Å². The number of carbonyl (C=O) groups is 2. The molecule has 8 heteroatoms. The maximum atomic E-state index is 11.9. The van der Waals surface area contributed by atoms with Gasteiger partial charge in [0, 0.05) is 17.4 Å². The molecule has 1 saturated heterocycles. The number of hydrogen-bond acceptors (Lipinski definition) is 7. The average Bonchev–Trinajstić information content (AvgIpc) is 3.28. The standard InChI is InChI=1S/C17H18N2O5S/c1-22-13-5-3-10(7-14(13)23-2)16-18-11(9-25-16)8-24-17(21)12-4-6-15(20)19-12/h3,5,7,9,12H,4,6,8H2,1-2H3,(H,19,20)/t12-/m1/s1. The third kappa shape index (κ3) is 3.90. The number of aromatic nitrogens is 1. The lowest BCUT2D eigenvalue weighted by atomic mass is 10.2. The van der Waals surface area contributed by atoms with Gasteiger partial charge in [0.15, 0.2) is 11.5 Å². The highest BCUT2D eigenvalue weighted by molar-refractivity contribution is 7.13. The number of hydrogen-bond donors (Lipinski definition) is 1. The lowest BCUT2D eigenvalue weighted by Crippen LogP contribution is -2.34. The number of benzene rings is 1. The number of ether oxygens (including phenoxy) is 3. The van der Waals surface area contributed by atoms with Crippen molar-refractivity contribution in [2.24, 2.45) is 0 Å². The predicted octanol–water partition coefficient (Wildman–Crippen LogP) is 2.15. The second-order valence-corrected chi connectivity index (χ2v) is 6.34. The lowest BCUT2D eigenvalue weighted by molar-refractivity contribution is -0.147. The van der Waals surface area contributed by atoms with Gasteiger partial charge < -0.3 is 19.5 Å². The molecule has 25 heavy (non-hydrogen) atoms. The fourth-order valence-electron chi connectivity index (χ4n) is 2.51. The number of amides is 1. The van der Waals surface area contributed by atoms with E-state index < -0.39 is 12.0 Å². The zero-order chi connectivity index (χ0) is 17.8. The third-order valence-corrected chi connectivity index (χ3v) is 4.76. The molecule has 0 aliphatic carbocycles. The Kier molecular flexibility index (Phi) is 5.18. The normalized spacial score (nSPS) is 16.4. The maximum absolute atomic E-state index is 11.9. The first-order valence-corrected chi connectivity index (χ1v) is 8.61. The molecule has 1 aliphatic rings. The van der Waals surface area contributed by atoms with Gasteiger partial charge in [-0.1, -0.05) is 0 Å². The van der Waals surface area contributed by atoms with Gasteiger partial charge in [0.05, 0.1) is 19.9 Å². The van der Waals surface area contributed by atoms with E-state index in [0.29, 0.717) is 30.0 Å². The first-order valence-electron chi connectivity index (χ1n) is 7.73. The zero-order valence-corrected chi connectivity index (χ0v) is 14.7. The van der Waals surface area contributed by atoms with Crippen molar-refractivity contribution in [1.82, 2.24) is 10.3 Å². The van der Waals surface area contributed by atoms with Crippen LogP contribution in [0.15, 0.2) is 23.6 Å². The largest absolute Gasteiger partial charge is 0.493 e. The van der Waals surface area contributed by atoms with Crippen molar-refractivity contribution >= 4 is 23.2 Å². The molecule has 1 aliphatic heterocycles. The molecule has 0 radical (unpaired) electrons. The summed E-state index contributed by atoms with van der Waals surface area (Å²) in [5.41, 5.74) is 1.55. The maximum Gasteiger partial charge on any atom is 0.329 e. The highest BCUT2D eigenvalue weighted by atomic mass is 32.1. The van der Waals surface area contributed by atoms with Gasteiger partial charge in [-0.2, -0.15) is 0 Å². The van der Waals surface area contributed by atoms with E-state index in [1.165, 1.54) is 11.3 Å². The molecule has 132 valence electrons. The number of nitrogens with one attached hydrogen (secondary N) is 1. The molecule has 1 aromatic heterocycles. The van der Waals surface area contributed by atoms with Crippen LogP contribution in [-0.4, -0.2) is 37.1 Å². The van der Waals surface area contributed by atoms with Crippen molar-refractivity contribution in [2.75, 3.05) is 14.2 Å². The molecule has 0 bridgehead atoms. The Morgan fingerprint density at radius 1 is 1.32 bits per heavy atom. The van der Waals surface area contributed by atoms with E-state index in [1.54, 1.807) is 14.2 Å². The summed E-state index contributed by atoms with van der Waals surface area (Å²) in [7, 11) is 3.16. The Labute approximate surface area is 148 Å². The number of esters is 1. The average molecular weight is 362 g/mol. The summed E-state index contributed by atoms with van der Waals surface area (Å²) in [6.45, 7) is 0.0784. The van der Waals surface area contributed by atoms with E-state index in [9.17, 15) is 9.59 Å². The third-order valence-electron chi connectivity index (χ3n) is 3.82. The van der Waals surface area contributed by atoms with Crippen LogP contribution in [0.25, 0.3) is 10.6 Å². The molecule has 1 aromatic carbocycles. The fraction of sp³-hybridized carbons (Fsp3) is 0.353. The lowest BCUT2D eigenvalue weighted by Gasteiger charge is -2.09. The zero-order valence-electron chi connectivity index (χ0n) is 13.9. The molecule has 3 rings (SSSR count). The number of carbonyl (C=O) groups excluding carboxylic acids is 2. The molecule has 7 nitrogen and oxygen atoms in total. The minimum atomic E-state index is -0.545. The molecular weight excluding hydrogens is 344 g/mol. The van der Waals surface area contributed by atoms with Crippen LogP contribution < -0.4 is 14.8 Å². The van der Waals surface area contributed by atoms with Crippen molar-refractivity contribution in [3.8, 4) is 22.1 Å². The van der Waals surface area contributed by atoms with Crippen molar-refractivity contribution < 1.29 is 23.8 Å². The second-order valence-electron chi connectivity index (χ2n) is 5.48. The Morgan fingerprint density at radius 2 is 2.12 bits per heavy atom. The number of thiazole rings is 1. The van der Waals surface area contributed by atoms with Crippen molar-refractivity contribution in [3.05, 3.63) is 29.3 Å². The van der Waals surface area contributed by atoms with Crippen LogP contribution in [0.5, 0.6) is 11.5 Å². The summed E-state index contributed by atoms with van der Waals surface area (Å²) in [4.78, 5) is 27.5. The summed E-state index contributed by atoms with van der Waals surface area (Å²) < 4.78 is 15.8. The van der Waals surface area contributed by atoms with Gasteiger partial charge in [0.1, 0.15) is 17.7 Å². The minimum Gasteiger partial charge on any atom is -0.493 e. The Balaban J connectivity index is 1.64. The summed E-state index contributed by atoms with van der Waals surface area (Å²) in [6, 6.07) is 5.01. The Morgan fingerprint density at radius 3 is 2.80 bits per heavy atom. The van der Waals surface area contributed by atoms with Crippen LogP contribution in [-0.2, 0) is 20.9 Å². The van der Waals surface area contributed by atoms with Crippen LogP contribution in [0.4, 0.5) is 0 Å². The summed E-state index contributed by atoms with van der Waals surface area (Å²) in [5, 5.41) is 5.22. The number of methoxy groups -OCH3 is 2. The molecule has 0 unspecified atom stereocenters. The summed E-state index contributed by atoms with van der Waals surface area (Å²) in [6.07, 6.45) is 0.839. The van der Waals surface area contributed by atoms with Gasteiger partial charge in [-0.25, -0.2) is 9.78 Å². The first kappa shape index (κ1) is 17.2. The summed E-state index contributed by atoms with van der Waals surface area (Å²) >= 11 is 1.45. The van der Waals surface area contributed by atoms with Gasteiger partial charge in [-0.05, 0) is 24.6 Å². The fourth-order valence-corrected chi connectivity index (χ4v) is 3.31. The van der Waals surface area contributed by atoms with E-state index in [4.69, 9.17) is 14.2 Å². The van der Waals surface area contributed by atoms with E-state index in [0.717, 1.165) is 10.6 Å². The molecule has 0 saturated carbocycles. The molecule has 1 amide bonds. The van der Waals surface area contributed by atoms with E-state index in [1.807, 2.05) is 23.6 Å². The molecule has 1 N–H and O–H groups in total. The minimum absolute atomic E-state index is 0.0784. The molecule has 1 fully saturated rings. The van der Waals surface area contributed by atoms with Gasteiger partial charge in [0.25, 0.3) is 0 Å². The predicted molar refractivity (Wildman–Crippen MR) is 91.6 cm³/mol. The number of nitrogens with zero attached hydrogens (tertiary/aromatic N) is 1. The first-order chi connectivity index (χ1) is 12.1. The van der Waals surface area contributed by atoms with Crippen LogP contribution in [0.2, 0.25) is 0 Å². The second kappa shape index (κ2) is 7.52. The molecule has 1 atom stereocenters. The van der Waals surface area contributed by atoms with E-state index in [2.05, 4.69) is 10.3 Å². The van der Waals surface area contributed by atoms with Crippen molar-refractivity contribution in [2.45, 2.75) is 25.5 Å².